The quantitative estimate of drug-likeness (QED) is 0.269. The van der Waals surface area contributed by atoms with Gasteiger partial charge in [0.15, 0.2) is 0 Å². The molecule has 0 amide bonds. The third-order valence-corrected chi connectivity index (χ3v) is 4.53. The van der Waals surface area contributed by atoms with Crippen LogP contribution in [0.3, 0.4) is 0 Å². The Morgan fingerprint density at radius 1 is 0.913 bits per heavy atom. The van der Waals surface area contributed by atoms with Crippen molar-refractivity contribution in [3.05, 3.63) is 0 Å². The van der Waals surface area contributed by atoms with E-state index in [1.54, 1.807) is 0 Å². The van der Waals surface area contributed by atoms with Crippen molar-refractivity contribution in [1.29, 1.82) is 0 Å². The lowest BCUT2D eigenvalue weighted by Gasteiger charge is -2.05. The second-order valence-corrected chi connectivity index (χ2v) is 8.19. The summed E-state index contributed by atoms with van der Waals surface area (Å²) in [6, 6.07) is 0. The van der Waals surface area contributed by atoms with Crippen LogP contribution < -0.4 is 0 Å². The normalized spacial score (nSPS) is 11.8. The molecule has 5 nitrogen and oxygen atoms in total. The largest absolute Gasteiger partial charge is 0.466 e. The van der Waals surface area contributed by atoms with Gasteiger partial charge >= 0.3 is 5.97 Å². The predicted molar refractivity (Wildman–Crippen MR) is 93.0 cm³/mol. The first-order valence-electron chi connectivity index (χ1n) is 8.92. The standard InChI is InChI=1S/C17H34O5S/c1-16(2)12-9-7-5-3-4-6-8-10-13-17(18)22-14-11-15-23(19,20)21/h16H,3-15H2,1-2H3,(H,19,20,21). The summed E-state index contributed by atoms with van der Waals surface area (Å²) in [5, 5.41) is 0. The van der Waals surface area contributed by atoms with Crippen molar-refractivity contribution >= 4 is 16.1 Å². The molecule has 0 radical (unpaired) electrons. The van der Waals surface area contributed by atoms with Gasteiger partial charge in [0.1, 0.15) is 0 Å². The van der Waals surface area contributed by atoms with Crippen LogP contribution in [0.1, 0.15) is 84.5 Å². The molecule has 0 aromatic rings. The topological polar surface area (TPSA) is 80.7 Å². The number of hydrogen-bond acceptors (Lipinski definition) is 4. The molecular weight excluding hydrogens is 316 g/mol. The Bertz CT molecular complexity index is 390. The van der Waals surface area contributed by atoms with Crippen LogP contribution in [-0.4, -0.2) is 31.3 Å². The minimum atomic E-state index is -3.95. The van der Waals surface area contributed by atoms with Crippen molar-refractivity contribution in [1.82, 2.24) is 0 Å². The van der Waals surface area contributed by atoms with Crippen LogP contribution in [0.15, 0.2) is 0 Å². The molecule has 0 rings (SSSR count). The minimum Gasteiger partial charge on any atom is -0.466 e. The fourth-order valence-electron chi connectivity index (χ4n) is 2.38. The Hall–Kier alpha value is -0.620. The van der Waals surface area contributed by atoms with E-state index in [9.17, 15) is 13.2 Å². The molecule has 6 heteroatoms. The monoisotopic (exact) mass is 350 g/mol. The highest BCUT2D eigenvalue weighted by Gasteiger charge is 2.06. The van der Waals surface area contributed by atoms with Gasteiger partial charge in [-0.05, 0) is 18.8 Å². The summed E-state index contributed by atoms with van der Waals surface area (Å²) in [7, 11) is -3.95. The number of ether oxygens (including phenoxy) is 1. The molecule has 0 aliphatic rings. The van der Waals surface area contributed by atoms with E-state index in [-0.39, 0.29) is 24.7 Å². The van der Waals surface area contributed by atoms with Crippen LogP contribution in [0, 0.1) is 5.92 Å². The maximum Gasteiger partial charge on any atom is 0.305 e. The van der Waals surface area contributed by atoms with Gasteiger partial charge in [0.25, 0.3) is 10.1 Å². The number of esters is 1. The van der Waals surface area contributed by atoms with Crippen molar-refractivity contribution in [2.24, 2.45) is 5.92 Å². The number of unbranched alkanes of at least 4 members (excludes halogenated alkanes) is 7. The van der Waals surface area contributed by atoms with E-state index < -0.39 is 10.1 Å². The first kappa shape index (κ1) is 22.4. The molecule has 0 aromatic heterocycles. The Kier molecular flexibility index (Phi) is 13.4. The maximum absolute atomic E-state index is 11.4. The summed E-state index contributed by atoms with van der Waals surface area (Å²) in [6.07, 6.45) is 11.3. The van der Waals surface area contributed by atoms with E-state index >= 15 is 0 Å². The fourth-order valence-corrected chi connectivity index (χ4v) is 2.86. The zero-order valence-electron chi connectivity index (χ0n) is 14.8. The van der Waals surface area contributed by atoms with Gasteiger partial charge in [0, 0.05) is 6.42 Å². The molecule has 0 unspecified atom stereocenters. The van der Waals surface area contributed by atoms with Crippen LogP contribution >= 0.6 is 0 Å². The van der Waals surface area contributed by atoms with E-state index in [2.05, 4.69) is 13.8 Å². The maximum atomic E-state index is 11.4. The third kappa shape index (κ3) is 19.3. The lowest BCUT2D eigenvalue weighted by atomic mass is 10.0. The molecule has 138 valence electrons. The molecule has 0 atom stereocenters. The number of carbonyl (C=O) groups excluding carboxylic acids is 1. The summed E-state index contributed by atoms with van der Waals surface area (Å²) in [5.41, 5.74) is 0. The summed E-state index contributed by atoms with van der Waals surface area (Å²) in [4.78, 5) is 11.4. The average Bonchev–Trinajstić information content (AvgIpc) is 2.44. The molecule has 23 heavy (non-hydrogen) atoms. The van der Waals surface area contributed by atoms with Gasteiger partial charge < -0.3 is 4.74 Å². The Morgan fingerprint density at radius 3 is 1.96 bits per heavy atom. The molecule has 0 aliphatic carbocycles. The predicted octanol–water partition coefficient (Wildman–Crippen LogP) is 4.36. The van der Waals surface area contributed by atoms with Gasteiger partial charge in [-0.1, -0.05) is 65.2 Å². The van der Waals surface area contributed by atoms with Gasteiger partial charge in [-0.25, -0.2) is 0 Å². The highest BCUT2D eigenvalue weighted by molar-refractivity contribution is 7.85. The summed E-state index contributed by atoms with van der Waals surface area (Å²) in [6.45, 7) is 4.58. The third-order valence-electron chi connectivity index (χ3n) is 3.72. The van der Waals surface area contributed by atoms with E-state index in [1.165, 1.54) is 38.5 Å². The molecule has 0 fully saturated rings. The average molecular weight is 351 g/mol. The van der Waals surface area contributed by atoms with Gasteiger partial charge in [0.2, 0.25) is 0 Å². The lowest BCUT2D eigenvalue weighted by molar-refractivity contribution is -0.143. The zero-order valence-corrected chi connectivity index (χ0v) is 15.6. The van der Waals surface area contributed by atoms with Crippen molar-refractivity contribution in [2.45, 2.75) is 84.5 Å². The van der Waals surface area contributed by atoms with Crippen molar-refractivity contribution in [3.63, 3.8) is 0 Å². The fraction of sp³-hybridized carbons (Fsp3) is 0.941. The molecule has 0 saturated carbocycles. The molecule has 1 N–H and O–H groups in total. The van der Waals surface area contributed by atoms with Crippen LogP contribution in [0.5, 0.6) is 0 Å². The van der Waals surface area contributed by atoms with Crippen molar-refractivity contribution in [3.8, 4) is 0 Å². The van der Waals surface area contributed by atoms with E-state index in [0.717, 1.165) is 25.2 Å². The second-order valence-electron chi connectivity index (χ2n) is 6.62. The summed E-state index contributed by atoms with van der Waals surface area (Å²) >= 11 is 0. The summed E-state index contributed by atoms with van der Waals surface area (Å²) < 4.78 is 34.4. The molecule has 0 bridgehead atoms. The van der Waals surface area contributed by atoms with Gasteiger partial charge in [-0.2, -0.15) is 8.42 Å². The van der Waals surface area contributed by atoms with Crippen molar-refractivity contribution < 1.29 is 22.5 Å². The van der Waals surface area contributed by atoms with Crippen LogP contribution in [0.25, 0.3) is 0 Å². The van der Waals surface area contributed by atoms with Crippen LogP contribution in [0.2, 0.25) is 0 Å². The second kappa shape index (κ2) is 13.8. The molecular formula is C17H34O5S. The number of hydrogen-bond donors (Lipinski definition) is 1. The minimum absolute atomic E-state index is 0.0506. The van der Waals surface area contributed by atoms with E-state index in [4.69, 9.17) is 9.29 Å². The smallest absolute Gasteiger partial charge is 0.305 e. The Labute approximate surface area is 141 Å². The first-order chi connectivity index (χ1) is 10.8. The Balaban J connectivity index is 3.26. The zero-order chi connectivity index (χ0) is 17.6. The van der Waals surface area contributed by atoms with E-state index in [0.29, 0.717) is 6.42 Å². The Morgan fingerprint density at radius 2 is 1.43 bits per heavy atom. The number of carbonyl (C=O) groups is 1. The number of rotatable bonds is 15. The van der Waals surface area contributed by atoms with Crippen LogP contribution in [0.4, 0.5) is 0 Å². The lowest BCUT2D eigenvalue weighted by Crippen LogP contribution is -2.10. The molecule has 0 spiro atoms. The van der Waals surface area contributed by atoms with Crippen LogP contribution in [-0.2, 0) is 19.6 Å². The highest BCUT2D eigenvalue weighted by atomic mass is 32.2. The first-order valence-corrected chi connectivity index (χ1v) is 10.5. The molecule has 0 aromatic carbocycles. The molecule has 0 aliphatic heterocycles. The molecule has 0 heterocycles. The van der Waals surface area contributed by atoms with Gasteiger partial charge in [-0.3, -0.25) is 9.35 Å². The van der Waals surface area contributed by atoms with Gasteiger partial charge in [0.05, 0.1) is 12.4 Å². The molecule has 0 saturated heterocycles. The van der Waals surface area contributed by atoms with Gasteiger partial charge in [-0.15, -0.1) is 0 Å². The highest BCUT2D eigenvalue weighted by Crippen LogP contribution is 2.13. The van der Waals surface area contributed by atoms with Crippen molar-refractivity contribution in [2.75, 3.05) is 12.4 Å². The SMILES string of the molecule is CC(C)CCCCCCCCCCC(=O)OCCCS(=O)(=O)O. The summed E-state index contributed by atoms with van der Waals surface area (Å²) in [5.74, 6) is 0.161. The van der Waals surface area contributed by atoms with E-state index in [1.807, 2.05) is 0 Å².